The summed E-state index contributed by atoms with van der Waals surface area (Å²) in [5.41, 5.74) is 9.21. The smallest absolute Gasteiger partial charge is 0.385 e. The van der Waals surface area contributed by atoms with Gasteiger partial charge in [-0.2, -0.15) is 5.26 Å². The standard InChI is InChI=1S/C26H27N4O5P/c1-18(31)25-29-12-13-30(25)24(16-35-36(32,33)34)11-4-19-2-5-20(6-3-19)21-7-9-22(10-8-21)23-14-26(28,15-23)17-27/h2-3,5-10,12-13,18,23-24,31H,14-16,28H2,1H3,(H2,32,33,34)/t18-,23?,24-,26?/m0/s1. The number of rotatable bonds is 7. The molecule has 4 rings (SSSR count). The van der Waals surface area contributed by atoms with Crippen molar-refractivity contribution in [1.29, 1.82) is 5.26 Å². The van der Waals surface area contributed by atoms with E-state index in [-0.39, 0.29) is 6.61 Å². The van der Waals surface area contributed by atoms with Gasteiger partial charge >= 0.3 is 7.82 Å². The lowest BCUT2D eigenvalue weighted by Gasteiger charge is -2.39. The first-order valence-corrected chi connectivity index (χ1v) is 12.9. The number of aliphatic hydroxyl groups is 1. The minimum atomic E-state index is -4.70. The second-order valence-corrected chi connectivity index (χ2v) is 10.3. The Balaban J connectivity index is 1.48. The zero-order chi connectivity index (χ0) is 25.9. The van der Waals surface area contributed by atoms with Gasteiger partial charge in [-0.3, -0.25) is 4.52 Å². The second kappa shape index (κ2) is 10.4. The topological polar surface area (TPSA) is 155 Å². The van der Waals surface area contributed by atoms with Crippen molar-refractivity contribution < 1.29 is 24.0 Å². The van der Waals surface area contributed by atoms with Crippen LogP contribution >= 0.6 is 7.82 Å². The largest absolute Gasteiger partial charge is 0.469 e. The Bertz CT molecular complexity index is 1350. The summed E-state index contributed by atoms with van der Waals surface area (Å²) in [5.74, 6) is 6.61. The fourth-order valence-corrected chi connectivity index (χ4v) is 4.61. The summed E-state index contributed by atoms with van der Waals surface area (Å²) in [6.45, 7) is 1.17. The van der Waals surface area contributed by atoms with E-state index >= 15 is 0 Å². The Hall–Kier alpha value is -3.27. The van der Waals surface area contributed by atoms with Crippen LogP contribution in [0.4, 0.5) is 0 Å². The molecule has 5 N–H and O–H groups in total. The number of nitrogens with two attached hydrogens (primary N) is 1. The van der Waals surface area contributed by atoms with Gasteiger partial charge in [-0.05, 0) is 54.5 Å². The maximum atomic E-state index is 11.2. The molecule has 2 aromatic carbocycles. The number of phosphoric acid groups is 1. The van der Waals surface area contributed by atoms with Gasteiger partial charge in [0.05, 0.1) is 12.7 Å². The number of nitriles is 1. The molecule has 9 nitrogen and oxygen atoms in total. The first-order valence-electron chi connectivity index (χ1n) is 11.4. The fraction of sp³-hybridized carbons (Fsp3) is 0.308. The van der Waals surface area contributed by atoms with E-state index in [2.05, 4.69) is 39.6 Å². The average molecular weight is 506 g/mol. The van der Waals surface area contributed by atoms with Crippen molar-refractivity contribution in [2.45, 2.75) is 43.4 Å². The molecule has 2 atom stereocenters. The van der Waals surface area contributed by atoms with E-state index < -0.39 is 25.5 Å². The van der Waals surface area contributed by atoms with Crippen LogP contribution in [0.25, 0.3) is 11.1 Å². The van der Waals surface area contributed by atoms with Gasteiger partial charge in [0.15, 0.2) is 0 Å². The SMILES string of the molecule is C[C@H](O)c1nccn1[C@@H](C#Cc1ccc(-c2ccc(C3CC(N)(C#N)C3)cc2)cc1)COP(=O)(O)O. The number of phosphoric ester groups is 1. The highest BCUT2D eigenvalue weighted by Gasteiger charge is 2.41. The van der Waals surface area contributed by atoms with Gasteiger partial charge in [0.25, 0.3) is 0 Å². The summed E-state index contributed by atoms with van der Waals surface area (Å²) >= 11 is 0. The molecule has 3 aromatic rings. The number of nitrogens with zero attached hydrogens (tertiary/aromatic N) is 3. The summed E-state index contributed by atoms with van der Waals surface area (Å²) < 4.78 is 17.4. The first kappa shape index (κ1) is 25.8. The van der Waals surface area contributed by atoms with Gasteiger partial charge in [0.2, 0.25) is 0 Å². The van der Waals surface area contributed by atoms with Crippen LogP contribution in [0.1, 0.15) is 54.8 Å². The Morgan fingerprint density at radius 3 is 2.36 bits per heavy atom. The minimum Gasteiger partial charge on any atom is -0.385 e. The minimum absolute atomic E-state index is 0.314. The molecule has 0 aliphatic heterocycles. The van der Waals surface area contributed by atoms with E-state index in [0.29, 0.717) is 30.1 Å². The number of hydrogen-bond acceptors (Lipinski definition) is 6. The number of benzene rings is 2. The maximum absolute atomic E-state index is 11.2. The number of aliphatic hydroxyl groups excluding tert-OH is 1. The van der Waals surface area contributed by atoms with Crippen molar-refractivity contribution in [1.82, 2.24) is 9.55 Å². The van der Waals surface area contributed by atoms with Crippen LogP contribution in [0.15, 0.2) is 60.9 Å². The number of imidazole rings is 1. The second-order valence-electron chi connectivity index (χ2n) is 9.01. The number of hydrogen-bond donors (Lipinski definition) is 4. The lowest BCUT2D eigenvalue weighted by molar-refractivity contribution is 0.165. The van der Waals surface area contributed by atoms with Crippen LogP contribution in [0, 0.1) is 23.2 Å². The third-order valence-electron chi connectivity index (χ3n) is 6.24. The third-order valence-corrected chi connectivity index (χ3v) is 6.72. The molecule has 0 spiro atoms. The van der Waals surface area contributed by atoms with Gasteiger partial charge in [-0.15, -0.1) is 0 Å². The van der Waals surface area contributed by atoms with E-state index in [0.717, 1.165) is 11.1 Å². The lowest BCUT2D eigenvalue weighted by Crippen LogP contribution is -2.49. The molecule has 0 unspecified atom stereocenters. The van der Waals surface area contributed by atoms with Crippen LogP contribution in [-0.2, 0) is 9.09 Å². The number of aromatic nitrogens is 2. The Morgan fingerprint density at radius 1 is 1.19 bits per heavy atom. The van der Waals surface area contributed by atoms with Gasteiger partial charge in [-0.1, -0.05) is 48.2 Å². The average Bonchev–Trinajstić information content (AvgIpc) is 3.32. The Morgan fingerprint density at radius 2 is 1.81 bits per heavy atom. The van der Waals surface area contributed by atoms with Crippen molar-refractivity contribution >= 4 is 7.82 Å². The summed E-state index contributed by atoms with van der Waals surface area (Å²) in [7, 11) is -4.70. The molecule has 1 saturated carbocycles. The first-order chi connectivity index (χ1) is 17.1. The van der Waals surface area contributed by atoms with E-state index in [9.17, 15) is 9.67 Å². The van der Waals surface area contributed by atoms with Crippen LogP contribution in [0.3, 0.4) is 0 Å². The Labute approximate surface area is 209 Å². The van der Waals surface area contributed by atoms with Gasteiger partial charge in [-0.25, -0.2) is 9.55 Å². The van der Waals surface area contributed by atoms with Crippen LogP contribution in [0.5, 0.6) is 0 Å². The quantitative estimate of drug-likeness (QED) is 0.281. The molecule has 186 valence electrons. The van der Waals surface area contributed by atoms with E-state index in [4.69, 9.17) is 20.8 Å². The van der Waals surface area contributed by atoms with Crippen LogP contribution in [0.2, 0.25) is 0 Å². The van der Waals surface area contributed by atoms with Gasteiger partial charge in [0, 0.05) is 18.0 Å². The van der Waals surface area contributed by atoms with E-state index in [1.807, 2.05) is 36.4 Å². The van der Waals surface area contributed by atoms with Gasteiger partial charge in [0.1, 0.15) is 23.5 Å². The molecule has 36 heavy (non-hydrogen) atoms. The molecule has 1 aliphatic rings. The molecule has 1 aliphatic carbocycles. The zero-order valence-corrected chi connectivity index (χ0v) is 20.5. The molecule has 1 fully saturated rings. The fourth-order valence-electron chi connectivity index (χ4n) is 4.28. The zero-order valence-electron chi connectivity index (χ0n) is 19.7. The highest BCUT2D eigenvalue weighted by atomic mass is 31.2. The third kappa shape index (κ3) is 6.10. The lowest BCUT2D eigenvalue weighted by atomic mass is 9.67. The normalized spacial score (nSPS) is 20.9. The molecule has 1 aromatic heterocycles. The van der Waals surface area contributed by atoms with Crippen molar-refractivity contribution in [2.75, 3.05) is 6.61 Å². The van der Waals surface area contributed by atoms with Crippen molar-refractivity contribution in [3.05, 3.63) is 77.9 Å². The molecule has 0 saturated heterocycles. The highest BCUT2D eigenvalue weighted by Crippen LogP contribution is 2.43. The summed E-state index contributed by atoms with van der Waals surface area (Å²) in [4.78, 5) is 22.3. The van der Waals surface area contributed by atoms with Gasteiger partial charge < -0.3 is 25.2 Å². The monoisotopic (exact) mass is 506 g/mol. The van der Waals surface area contributed by atoms with Crippen molar-refractivity contribution in [3.63, 3.8) is 0 Å². The Kier molecular flexibility index (Phi) is 7.44. The molecule has 0 amide bonds. The molecular formula is C26H27N4O5P. The van der Waals surface area contributed by atoms with Crippen molar-refractivity contribution in [2.24, 2.45) is 5.73 Å². The predicted molar refractivity (Wildman–Crippen MR) is 133 cm³/mol. The molecule has 0 radical (unpaired) electrons. The van der Waals surface area contributed by atoms with Crippen LogP contribution < -0.4 is 5.73 Å². The summed E-state index contributed by atoms with van der Waals surface area (Å²) in [6, 6.07) is 17.3. The summed E-state index contributed by atoms with van der Waals surface area (Å²) in [5, 5.41) is 19.0. The maximum Gasteiger partial charge on any atom is 0.469 e. The van der Waals surface area contributed by atoms with E-state index in [1.54, 1.807) is 13.1 Å². The predicted octanol–water partition coefficient (Wildman–Crippen LogP) is 3.40. The molecular weight excluding hydrogens is 479 g/mol. The molecule has 0 bridgehead atoms. The van der Waals surface area contributed by atoms with Crippen molar-refractivity contribution in [3.8, 4) is 29.0 Å². The van der Waals surface area contributed by atoms with E-state index in [1.165, 1.54) is 16.3 Å². The summed E-state index contributed by atoms with van der Waals surface area (Å²) in [6.07, 6.45) is 3.52. The highest BCUT2D eigenvalue weighted by molar-refractivity contribution is 7.46. The van der Waals surface area contributed by atoms with Crippen LogP contribution in [-0.4, -0.2) is 36.6 Å². The molecule has 10 heteroatoms. The molecule has 1 heterocycles.